The highest BCUT2D eigenvalue weighted by Crippen LogP contribution is 2.48. The molecule has 1 heterocycles. The first kappa shape index (κ1) is 20.1. The van der Waals surface area contributed by atoms with Crippen molar-refractivity contribution in [3.8, 4) is 11.3 Å². The summed E-state index contributed by atoms with van der Waals surface area (Å²) < 4.78 is 2.05. The van der Waals surface area contributed by atoms with Crippen LogP contribution in [0.2, 0.25) is 0 Å². The fraction of sp³-hybridized carbons (Fsp3) is 0.538. The van der Waals surface area contributed by atoms with E-state index in [2.05, 4.69) is 30.8 Å². The van der Waals surface area contributed by atoms with Gasteiger partial charge in [0.25, 0.3) is 5.56 Å². The molecule has 0 amide bonds. The van der Waals surface area contributed by atoms with E-state index >= 15 is 0 Å². The first-order valence-corrected chi connectivity index (χ1v) is 12.7. The smallest absolute Gasteiger partial charge is 0.258 e. The van der Waals surface area contributed by atoms with Crippen molar-refractivity contribution >= 4 is 11.8 Å². The second-order valence-electron chi connectivity index (χ2n) is 9.46. The largest absolute Gasteiger partial charge is 0.287 e. The zero-order chi connectivity index (χ0) is 20.6. The Morgan fingerprint density at radius 3 is 2.67 bits per heavy atom. The highest BCUT2D eigenvalue weighted by Gasteiger charge is 2.43. The van der Waals surface area contributed by atoms with Crippen LogP contribution in [0.4, 0.5) is 0 Å². The number of aromatic nitrogens is 2. The zero-order valence-corrected chi connectivity index (χ0v) is 18.7. The molecule has 0 N–H and O–H groups in total. The van der Waals surface area contributed by atoms with Crippen LogP contribution < -0.4 is 5.56 Å². The maximum Gasteiger partial charge on any atom is 0.258 e. The van der Waals surface area contributed by atoms with E-state index in [1.165, 1.54) is 56.1 Å². The SMILES string of the molecule is C=CCSc1nc2c(c(=O)n1CC1CCCC1)C1(CCCCC1)Cc1ccccc1-2. The molecule has 4 heteroatoms. The van der Waals surface area contributed by atoms with Crippen molar-refractivity contribution in [2.75, 3.05) is 5.75 Å². The molecule has 3 aliphatic rings. The van der Waals surface area contributed by atoms with Crippen LogP contribution in [0.15, 0.2) is 46.9 Å². The van der Waals surface area contributed by atoms with Crippen LogP contribution in [-0.2, 0) is 18.4 Å². The summed E-state index contributed by atoms with van der Waals surface area (Å²) in [6.07, 6.45) is 13.9. The van der Waals surface area contributed by atoms with E-state index in [1.54, 1.807) is 11.8 Å². The van der Waals surface area contributed by atoms with Crippen LogP contribution in [0.5, 0.6) is 0 Å². The first-order valence-electron chi connectivity index (χ1n) is 11.7. The maximum atomic E-state index is 14.2. The number of hydrogen-bond acceptors (Lipinski definition) is 3. The van der Waals surface area contributed by atoms with Crippen molar-refractivity contribution < 1.29 is 0 Å². The van der Waals surface area contributed by atoms with Crippen molar-refractivity contribution in [3.05, 3.63) is 58.4 Å². The Labute approximate surface area is 184 Å². The quantitative estimate of drug-likeness (QED) is 0.331. The molecule has 1 aromatic heterocycles. The van der Waals surface area contributed by atoms with Gasteiger partial charge in [-0.2, -0.15) is 0 Å². The molecule has 0 atom stereocenters. The molecule has 0 aliphatic heterocycles. The minimum Gasteiger partial charge on any atom is -0.287 e. The van der Waals surface area contributed by atoms with Crippen molar-refractivity contribution in [1.82, 2.24) is 9.55 Å². The van der Waals surface area contributed by atoms with Crippen LogP contribution >= 0.6 is 11.8 Å². The van der Waals surface area contributed by atoms with Gasteiger partial charge in [0.15, 0.2) is 5.16 Å². The van der Waals surface area contributed by atoms with Crippen LogP contribution in [-0.4, -0.2) is 15.3 Å². The molecule has 0 saturated heterocycles. The predicted molar refractivity (Wildman–Crippen MR) is 125 cm³/mol. The minimum atomic E-state index is -0.0227. The summed E-state index contributed by atoms with van der Waals surface area (Å²) in [4.78, 5) is 19.4. The third-order valence-electron chi connectivity index (χ3n) is 7.52. The molecule has 3 aliphatic carbocycles. The molecular formula is C26H32N2OS. The van der Waals surface area contributed by atoms with Gasteiger partial charge in [0, 0.05) is 23.3 Å². The minimum absolute atomic E-state index is 0.0227. The van der Waals surface area contributed by atoms with Gasteiger partial charge in [0.1, 0.15) is 0 Å². The van der Waals surface area contributed by atoms with E-state index in [0.717, 1.165) is 48.0 Å². The molecule has 158 valence electrons. The summed E-state index contributed by atoms with van der Waals surface area (Å²) in [7, 11) is 0. The molecule has 0 unspecified atom stereocenters. The normalized spacial score (nSPS) is 20.1. The summed E-state index contributed by atoms with van der Waals surface area (Å²) in [5.74, 6) is 1.40. The second kappa shape index (κ2) is 8.37. The lowest BCUT2D eigenvalue weighted by molar-refractivity contribution is 0.280. The van der Waals surface area contributed by atoms with Crippen LogP contribution in [0.25, 0.3) is 11.3 Å². The number of hydrogen-bond donors (Lipinski definition) is 0. The zero-order valence-electron chi connectivity index (χ0n) is 17.9. The van der Waals surface area contributed by atoms with Crippen LogP contribution in [0, 0.1) is 5.92 Å². The molecule has 2 aromatic rings. The first-order chi connectivity index (χ1) is 14.7. The van der Waals surface area contributed by atoms with Gasteiger partial charge >= 0.3 is 0 Å². The fourth-order valence-corrected chi connectivity index (χ4v) is 6.81. The molecule has 3 nitrogen and oxygen atoms in total. The third kappa shape index (κ3) is 3.47. The summed E-state index contributed by atoms with van der Waals surface area (Å²) in [5.41, 5.74) is 4.77. The molecule has 2 saturated carbocycles. The monoisotopic (exact) mass is 420 g/mol. The molecule has 1 spiro atoms. The van der Waals surface area contributed by atoms with E-state index in [1.807, 2.05) is 10.6 Å². The standard InChI is InChI=1S/C26H32N2OS/c1-2-16-30-25-27-23-21-13-7-6-12-20(21)17-26(14-8-3-9-15-26)22(23)24(29)28(25)18-19-10-4-5-11-19/h2,6-7,12-13,19H,1,3-5,8-11,14-18H2. The Morgan fingerprint density at radius 1 is 1.13 bits per heavy atom. The molecule has 0 bridgehead atoms. The van der Waals surface area contributed by atoms with Gasteiger partial charge in [0.2, 0.25) is 0 Å². The van der Waals surface area contributed by atoms with Crippen molar-refractivity contribution in [2.45, 2.75) is 81.3 Å². The summed E-state index contributed by atoms with van der Waals surface area (Å²) >= 11 is 1.66. The highest BCUT2D eigenvalue weighted by atomic mass is 32.2. The molecule has 5 rings (SSSR count). The molecule has 30 heavy (non-hydrogen) atoms. The Bertz CT molecular complexity index is 997. The van der Waals surface area contributed by atoms with E-state index < -0.39 is 0 Å². The van der Waals surface area contributed by atoms with Crippen LogP contribution in [0.3, 0.4) is 0 Å². The summed E-state index contributed by atoms with van der Waals surface area (Å²) in [5, 5.41) is 0.883. The van der Waals surface area contributed by atoms with Crippen molar-refractivity contribution in [1.29, 1.82) is 0 Å². The molecule has 1 aromatic carbocycles. The van der Waals surface area contributed by atoms with Gasteiger partial charge in [-0.05, 0) is 43.6 Å². The number of thioether (sulfide) groups is 1. The molecular weight excluding hydrogens is 388 g/mol. The van der Waals surface area contributed by atoms with E-state index in [-0.39, 0.29) is 11.0 Å². The van der Waals surface area contributed by atoms with Crippen molar-refractivity contribution in [2.24, 2.45) is 5.92 Å². The number of fused-ring (bicyclic) bond motifs is 4. The Hall–Kier alpha value is -1.81. The topological polar surface area (TPSA) is 34.9 Å². The van der Waals surface area contributed by atoms with E-state index in [9.17, 15) is 4.79 Å². The lowest BCUT2D eigenvalue weighted by atomic mass is 9.62. The van der Waals surface area contributed by atoms with Gasteiger partial charge in [-0.25, -0.2) is 4.98 Å². The number of benzene rings is 1. The van der Waals surface area contributed by atoms with Gasteiger partial charge in [-0.1, -0.05) is 74.2 Å². The highest BCUT2D eigenvalue weighted by molar-refractivity contribution is 7.99. The Kier molecular flexibility index (Phi) is 5.61. The predicted octanol–water partition coefficient (Wildman–Crippen LogP) is 6.14. The van der Waals surface area contributed by atoms with E-state index in [4.69, 9.17) is 4.98 Å². The summed E-state index contributed by atoms with van der Waals surface area (Å²) in [6, 6.07) is 8.63. The van der Waals surface area contributed by atoms with Gasteiger partial charge in [0.05, 0.1) is 11.3 Å². The Balaban J connectivity index is 1.71. The Morgan fingerprint density at radius 2 is 1.90 bits per heavy atom. The number of rotatable bonds is 5. The van der Waals surface area contributed by atoms with Gasteiger partial charge in [-0.3, -0.25) is 9.36 Å². The van der Waals surface area contributed by atoms with Crippen molar-refractivity contribution in [3.63, 3.8) is 0 Å². The third-order valence-corrected chi connectivity index (χ3v) is 8.49. The average Bonchev–Trinajstić information content (AvgIpc) is 3.28. The second-order valence-corrected chi connectivity index (χ2v) is 10.4. The van der Waals surface area contributed by atoms with Gasteiger partial charge in [-0.15, -0.1) is 6.58 Å². The lowest BCUT2D eigenvalue weighted by Gasteiger charge is -2.42. The van der Waals surface area contributed by atoms with E-state index in [0.29, 0.717) is 5.92 Å². The maximum absolute atomic E-state index is 14.2. The molecule has 2 fully saturated rings. The summed E-state index contributed by atoms with van der Waals surface area (Å²) in [6.45, 7) is 4.72. The average molecular weight is 421 g/mol. The van der Waals surface area contributed by atoms with Gasteiger partial charge < -0.3 is 0 Å². The van der Waals surface area contributed by atoms with Crippen LogP contribution in [0.1, 0.15) is 68.9 Å². The fourth-order valence-electron chi connectivity index (χ4n) is 6.08. The number of nitrogens with zero attached hydrogens (tertiary/aromatic N) is 2. The molecule has 0 radical (unpaired) electrons. The lowest BCUT2D eigenvalue weighted by Crippen LogP contribution is -2.43.